The lowest BCUT2D eigenvalue weighted by molar-refractivity contribution is -0.302. The van der Waals surface area contributed by atoms with E-state index in [0.717, 1.165) is 51.4 Å². The second-order valence-electron chi connectivity index (χ2n) is 26.7. The molecule has 0 bridgehead atoms. The molecule has 1 rings (SSSR count). The minimum absolute atomic E-state index is 0.0170. The Bertz CT molecular complexity index is 1490. The molecule has 1 aliphatic rings. The number of unbranched alkanes of at least 4 members (excludes halogenated alkanes) is 52. The van der Waals surface area contributed by atoms with Crippen molar-refractivity contribution in [3.05, 3.63) is 24.3 Å². The van der Waals surface area contributed by atoms with Gasteiger partial charge in [-0.1, -0.05) is 340 Å². The molecule has 1 fully saturated rings. The van der Waals surface area contributed by atoms with E-state index >= 15 is 0 Å². The van der Waals surface area contributed by atoms with Crippen LogP contribution in [0.3, 0.4) is 0 Å². The lowest BCUT2D eigenvalue weighted by Gasteiger charge is -2.40. The number of nitrogens with one attached hydrogen (secondary N) is 1. The Labute approximate surface area is 537 Å². The summed E-state index contributed by atoms with van der Waals surface area (Å²) in [6, 6.07) is -0.805. The van der Waals surface area contributed by atoms with Gasteiger partial charge in [-0.2, -0.15) is 0 Å². The van der Waals surface area contributed by atoms with Crippen molar-refractivity contribution in [1.29, 1.82) is 0 Å². The summed E-state index contributed by atoms with van der Waals surface area (Å²) in [5.41, 5.74) is 0. The molecule has 514 valence electrons. The van der Waals surface area contributed by atoms with Crippen LogP contribution in [0.15, 0.2) is 24.3 Å². The Hall–Kier alpha value is -1.86. The van der Waals surface area contributed by atoms with Crippen molar-refractivity contribution in [2.24, 2.45) is 0 Å². The van der Waals surface area contributed by atoms with E-state index in [0.29, 0.717) is 19.4 Å². The Morgan fingerprint density at radius 3 is 1.10 bits per heavy atom. The quantitative estimate of drug-likeness (QED) is 0.0195. The summed E-state index contributed by atoms with van der Waals surface area (Å²) in [4.78, 5) is 25.0. The van der Waals surface area contributed by atoms with Crippen molar-refractivity contribution in [3.8, 4) is 0 Å². The molecule has 0 radical (unpaired) electrons. The molecule has 1 amide bonds. The standard InChI is InChI=1S/C76H145NO10/c1-3-5-7-9-11-13-43-48-52-56-60-64-72(81)85-65-61-57-53-49-45-42-40-38-36-34-32-30-28-26-24-22-20-18-16-14-15-17-19-21-23-25-27-29-31-33-35-37-39-41-44-47-51-55-59-63-71(80)77-68(69(79)62-58-54-50-46-12-10-8-6-4-2)67-86-76-75(84)74(83)73(82)70(66-78)87-76/h14-15,58,62,68-70,73-76,78-79,82-84H,3-13,16-57,59-61,63-67H2,1-2H3,(H,77,80)/b15-14-,62-58+. The number of aliphatic hydroxyl groups is 5. The normalized spacial score (nSPS) is 17.9. The molecule has 1 heterocycles. The van der Waals surface area contributed by atoms with Crippen LogP contribution in [0.5, 0.6) is 0 Å². The maximum atomic E-state index is 13.0. The lowest BCUT2D eigenvalue weighted by Crippen LogP contribution is -2.60. The third kappa shape index (κ3) is 54.4. The summed E-state index contributed by atoms with van der Waals surface area (Å²) in [6.45, 7) is 4.36. The summed E-state index contributed by atoms with van der Waals surface area (Å²) in [6.07, 6.45) is 73.7. The number of allylic oxidation sites excluding steroid dienone is 3. The molecule has 1 saturated heterocycles. The van der Waals surface area contributed by atoms with Crippen molar-refractivity contribution >= 4 is 11.9 Å². The highest BCUT2D eigenvalue weighted by Gasteiger charge is 2.44. The Balaban J connectivity index is 1.86. The van der Waals surface area contributed by atoms with Gasteiger partial charge in [0.25, 0.3) is 0 Å². The fourth-order valence-electron chi connectivity index (χ4n) is 12.3. The first kappa shape index (κ1) is 83.2. The van der Waals surface area contributed by atoms with Gasteiger partial charge in [0.15, 0.2) is 6.29 Å². The molecule has 0 aromatic carbocycles. The van der Waals surface area contributed by atoms with E-state index in [4.69, 9.17) is 14.2 Å². The molecule has 0 aromatic heterocycles. The molecule has 0 spiro atoms. The van der Waals surface area contributed by atoms with Gasteiger partial charge in [-0.15, -0.1) is 0 Å². The molecule has 1 aliphatic heterocycles. The van der Waals surface area contributed by atoms with E-state index in [-0.39, 0.29) is 18.5 Å². The molecular weight excluding hydrogens is 1090 g/mol. The van der Waals surface area contributed by atoms with E-state index in [1.165, 1.54) is 308 Å². The van der Waals surface area contributed by atoms with E-state index in [1.807, 2.05) is 6.08 Å². The van der Waals surface area contributed by atoms with Gasteiger partial charge in [0.2, 0.25) is 5.91 Å². The van der Waals surface area contributed by atoms with Crippen molar-refractivity contribution in [3.63, 3.8) is 0 Å². The second kappa shape index (κ2) is 65.6. The molecule has 0 aromatic rings. The third-order valence-electron chi connectivity index (χ3n) is 18.3. The fourth-order valence-corrected chi connectivity index (χ4v) is 12.3. The zero-order valence-electron chi connectivity index (χ0n) is 57.3. The van der Waals surface area contributed by atoms with Gasteiger partial charge in [-0.3, -0.25) is 9.59 Å². The first-order valence-electron chi connectivity index (χ1n) is 38.1. The van der Waals surface area contributed by atoms with Gasteiger partial charge in [-0.25, -0.2) is 0 Å². The molecule has 11 nitrogen and oxygen atoms in total. The van der Waals surface area contributed by atoms with Gasteiger partial charge in [0.1, 0.15) is 24.4 Å². The van der Waals surface area contributed by atoms with Crippen molar-refractivity contribution in [2.45, 2.75) is 429 Å². The number of amides is 1. The van der Waals surface area contributed by atoms with Crippen LogP contribution in [0.4, 0.5) is 0 Å². The smallest absolute Gasteiger partial charge is 0.305 e. The Morgan fingerprint density at radius 2 is 0.736 bits per heavy atom. The topological polar surface area (TPSA) is 175 Å². The molecule has 0 saturated carbocycles. The molecule has 11 heteroatoms. The van der Waals surface area contributed by atoms with Gasteiger partial charge in [0, 0.05) is 12.8 Å². The van der Waals surface area contributed by atoms with Crippen molar-refractivity contribution in [1.82, 2.24) is 5.32 Å². The monoisotopic (exact) mass is 1230 g/mol. The molecule has 0 aliphatic carbocycles. The minimum atomic E-state index is -1.57. The number of esters is 1. The minimum Gasteiger partial charge on any atom is -0.466 e. The number of aliphatic hydroxyl groups excluding tert-OH is 5. The summed E-state index contributed by atoms with van der Waals surface area (Å²) in [5, 5.41) is 54.3. The van der Waals surface area contributed by atoms with Crippen LogP contribution in [-0.2, 0) is 23.8 Å². The van der Waals surface area contributed by atoms with Crippen LogP contribution < -0.4 is 5.32 Å². The van der Waals surface area contributed by atoms with Gasteiger partial charge >= 0.3 is 5.97 Å². The molecule has 87 heavy (non-hydrogen) atoms. The van der Waals surface area contributed by atoms with Crippen LogP contribution in [0.1, 0.15) is 386 Å². The lowest BCUT2D eigenvalue weighted by atomic mass is 9.99. The predicted molar refractivity (Wildman–Crippen MR) is 366 cm³/mol. The summed E-state index contributed by atoms with van der Waals surface area (Å²) >= 11 is 0. The number of rotatable bonds is 68. The van der Waals surface area contributed by atoms with E-state index in [1.54, 1.807) is 6.08 Å². The maximum absolute atomic E-state index is 13.0. The number of hydrogen-bond acceptors (Lipinski definition) is 10. The van der Waals surface area contributed by atoms with Crippen molar-refractivity contribution in [2.75, 3.05) is 19.8 Å². The zero-order chi connectivity index (χ0) is 63.0. The fraction of sp³-hybridized carbons (Fsp3) is 0.921. The van der Waals surface area contributed by atoms with Crippen LogP contribution in [0, 0.1) is 0 Å². The van der Waals surface area contributed by atoms with Crippen LogP contribution in [-0.4, -0.2) is 100 Å². The first-order valence-corrected chi connectivity index (χ1v) is 38.1. The van der Waals surface area contributed by atoms with Gasteiger partial charge in [0.05, 0.1) is 32.0 Å². The molecule has 6 N–H and O–H groups in total. The number of carbonyl (C=O) groups is 2. The highest BCUT2D eigenvalue weighted by molar-refractivity contribution is 5.76. The summed E-state index contributed by atoms with van der Waals surface area (Å²) in [7, 11) is 0. The number of carbonyl (C=O) groups excluding carboxylic acids is 2. The van der Waals surface area contributed by atoms with Gasteiger partial charge in [-0.05, 0) is 57.8 Å². The maximum Gasteiger partial charge on any atom is 0.305 e. The molecule has 7 unspecified atom stereocenters. The highest BCUT2D eigenvalue weighted by Crippen LogP contribution is 2.24. The SMILES string of the molecule is CCCCCCCCC/C=C/C(O)C(COC1OC(CO)C(O)C(O)C1O)NC(=O)CCCCCCCCCCCCCCCCCCC/C=C\CCCCCCCCCCCCCCCCCCCCOC(=O)CCCCCCCCCCCCC. The predicted octanol–water partition coefficient (Wildman–Crippen LogP) is 20.0. The van der Waals surface area contributed by atoms with Crippen LogP contribution >= 0.6 is 0 Å². The molecular formula is C76H145NO10. The van der Waals surface area contributed by atoms with E-state index in [9.17, 15) is 35.1 Å². The van der Waals surface area contributed by atoms with Gasteiger partial charge < -0.3 is 45.1 Å². The summed E-state index contributed by atoms with van der Waals surface area (Å²) in [5.74, 6) is -0.161. The van der Waals surface area contributed by atoms with Crippen LogP contribution in [0.2, 0.25) is 0 Å². The number of ether oxygens (including phenoxy) is 3. The van der Waals surface area contributed by atoms with E-state index < -0.39 is 49.5 Å². The summed E-state index contributed by atoms with van der Waals surface area (Å²) < 4.78 is 16.7. The second-order valence-corrected chi connectivity index (χ2v) is 26.7. The van der Waals surface area contributed by atoms with Crippen LogP contribution in [0.25, 0.3) is 0 Å². The number of hydrogen-bond donors (Lipinski definition) is 6. The average molecular weight is 1230 g/mol. The largest absolute Gasteiger partial charge is 0.466 e. The first-order chi connectivity index (χ1) is 42.7. The highest BCUT2D eigenvalue weighted by atomic mass is 16.7. The Kier molecular flexibility index (Phi) is 62.7. The average Bonchev–Trinajstić information content (AvgIpc) is 2.97. The zero-order valence-corrected chi connectivity index (χ0v) is 57.3. The van der Waals surface area contributed by atoms with Crippen molar-refractivity contribution < 1.29 is 49.3 Å². The van der Waals surface area contributed by atoms with E-state index in [2.05, 4.69) is 31.3 Å². The molecule has 7 atom stereocenters. The Morgan fingerprint density at radius 1 is 0.414 bits per heavy atom. The third-order valence-corrected chi connectivity index (χ3v) is 18.3.